The average molecular weight is 701 g/mol. The largest absolute Gasteiger partial charge is 0.461 e. The van der Waals surface area contributed by atoms with Crippen molar-refractivity contribution in [1.29, 1.82) is 0 Å². The number of aromatic amines is 1. The van der Waals surface area contributed by atoms with E-state index in [1.54, 1.807) is 0 Å². The number of esters is 1. The van der Waals surface area contributed by atoms with E-state index in [4.69, 9.17) is 16.3 Å². The zero-order valence-electron chi connectivity index (χ0n) is 27.5. The van der Waals surface area contributed by atoms with Crippen LogP contribution in [0.1, 0.15) is 54.2 Å². The molecule has 2 atom stereocenters. The molecule has 1 saturated heterocycles. The Morgan fingerprint density at radius 3 is 2.55 bits per heavy atom. The van der Waals surface area contributed by atoms with Crippen molar-refractivity contribution in [3.63, 3.8) is 0 Å². The summed E-state index contributed by atoms with van der Waals surface area (Å²) in [6.45, 7) is 6.73. The molecule has 6 N–H and O–H groups in total. The Labute approximate surface area is 284 Å². The standard InChI is InChI=1S/C35H43F3N6O4S/c1-22(2)21-48-35(45)34-33(27-18-25(36)8-11-31(27)42-34)30(39)20-44(40)19-23-12-15-43(16-13-23)17-14-41-49(46,47)26-9-6-24(7-10-26)32-28(37)4-3-5-29(32)38/h3-11,18,20,22-23,28,32,41-42H,12-17,19,21,39-40H2,1-2H3/b30-20-. The Kier molecular flexibility index (Phi) is 11.5. The summed E-state index contributed by atoms with van der Waals surface area (Å²) in [6, 6.07) is 9.74. The molecule has 1 aliphatic heterocycles. The first-order chi connectivity index (χ1) is 23.3. The van der Waals surface area contributed by atoms with Crippen LogP contribution < -0.4 is 16.3 Å². The molecule has 1 fully saturated rings. The van der Waals surface area contributed by atoms with E-state index in [9.17, 15) is 26.4 Å². The van der Waals surface area contributed by atoms with Crippen molar-refractivity contribution in [3.8, 4) is 0 Å². The van der Waals surface area contributed by atoms with Gasteiger partial charge in [0.2, 0.25) is 10.0 Å². The Hall–Kier alpha value is -4.11. The molecule has 0 saturated carbocycles. The third-order valence-corrected chi connectivity index (χ3v) is 10.2. The number of hydrogen-bond acceptors (Lipinski definition) is 8. The van der Waals surface area contributed by atoms with E-state index in [0.717, 1.165) is 25.9 Å². The molecule has 10 nitrogen and oxygen atoms in total. The molecule has 3 aromatic rings. The highest BCUT2D eigenvalue weighted by molar-refractivity contribution is 7.89. The number of sulfonamides is 1. The Balaban J connectivity index is 1.12. The van der Waals surface area contributed by atoms with E-state index in [2.05, 4.69) is 14.6 Å². The molecule has 0 amide bonds. The van der Waals surface area contributed by atoms with Crippen LogP contribution in [0.2, 0.25) is 0 Å². The monoisotopic (exact) mass is 700 g/mol. The van der Waals surface area contributed by atoms with Gasteiger partial charge < -0.3 is 25.4 Å². The van der Waals surface area contributed by atoms with E-state index in [1.807, 2.05) is 13.8 Å². The number of nitrogens with zero attached hydrogens (tertiary/aromatic N) is 2. The number of rotatable bonds is 13. The van der Waals surface area contributed by atoms with Crippen molar-refractivity contribution >= 4 is 32.6 Å². The molecule has 264 valence electrons. The number of fused-ring (bicyclic) bond motifs is 1. The fraction of sp³-hybridized carbons (Fsp3) is 0.400. The van der Waals surface area contributed by atoms with Gasteiger partial charge in [0, 0.05) is 42.3 Å². The molecule has 49 heavy (non-hydrogen) atoms. The zero-order chi connectivity index (χ0) is 35.3. The second kappa shape index (κ2) is 15.6. The first kappa shape index (κ1) is 36.2. The number of ether oxygens (including phenoxy) is 1. The second-order valence-electron chi connectivity index (χ2n) is 12.9. The first-order valence-electron chi connectivity index (χ1n) is 16.3. The van der Waals surface area contributed by atoms with Crippen molar-refractivity contribution in [2.75, 3.05) is 39.3 Å². The maximum atomic E-state index is 14.2. The van der Waals surface area contributed by atoms with Gasteiger partial charge in [-0.3, -0.25) is 0 Å². The number of carbonyl (C=O) groups is 1. The SMILES string of the molecule is CC(C)COC(=O)c1[nH]c2ccc(F)cc2c1/C(N)=C/N(N)CC1CCN(CCNS(=O)(=O)c2ccc(C3C(F)=CC=CC3F)cc2)CC1. The number of nitrogens with two attached hydrogens (primary N) is 2. The van der Waals surface area contributed by atoms with E-state index in [-0.39, 0.29) is 41.3 Å². The number of piperidine rings is 1. The highest BCUT2D eigenvalue weighted by Gasteiger charge is 2.28. The van der Waals surface area contributed by atoms with Crippen LogP contribution in [0.5, 0.6) is 0 Å². The van der Waals surface area contributed by atoms with Gasteiger partial charge in [-0.05, 0) is 85.8 Å². The van der Waals surface area contributed by atoms with Crippen molar-refractivity contribution in [2.24, 2.45) is 23.4 Å². The number of hydrazine groups is 1. The average Bonchev–Trinajstić information content (AvgIpc) is 3.43. The number of halogens is 3. The Bertz CT molecular complexity index is 1830. The fourth-order valence-electron chi connectivity index (χ4n) is 6.16. The predicted octanol–water partition coefficient (Wildman–Crippen LogP) is 5.09. The topological polar surface area (TPSA) is 147 Å². The number of aromatic nitrogens is 1. The number of nitrogens with one attached hydrogen (secondary N) is 2. The van der Waals surface area contributed by atoms with Gasteiger partial charge in [-0.2, -0.15) is 0 Å². The van der Waals surface area contributed by atoms with Gasteiger partial charge in [0.25, 0.3) is 0 Å². The van der Waals surface area contributed by atoms with E-state index < -0.39 is 39.7 Å². The maximum absolute atomic E-state index is 14.2. The maximum Gasteiger partial charge on any atom is 0.355 e. The van der Waals surface area contributed by atoms with Crippen molar-refractivity contribution in [1.82, 2.24) is 19.6 Å². The lowest BCUT2D eigenvalue weighted by atomic mass is 9.90. The van der Waals surface area contributed by atoms with Gasteiger partial charge in [0.05, 0.1) is 23.1 Å². The molecule has 2 heterocycles. The smallest absolute Gasteiger partial charge is 0.355 e. The normalized spacial score (nSPS) is 19.4. The van der Waals surface area contributed by atoms with Crippen LogP contribution in [0.25, 0.3) is 16.6 Å². The number of carbonyl (C=O) groups excluding carboxylic acids is 1. The number of hydrogen-bond donors (Lipinski definition) is 4. The van der Waals surface area contributed by atoms with E-state index in [1.165, 1.54) is 71.9 Å². The first-order valence-corrected chi connectivity index (χ1v) is 17.8. The molecule has 0 bridgehead atoms. The highest BCUT2D eigenvalue weighted by atomic mass is 32.2. The predicted molar refractivity (Wildman–Crippen MR) is 183 cm³/mol. The van der Waals surface area contributed by atoms with Crippen LogP contribution in [0.3, 0.4) is 0 Å². The number of likely N-dealkylation sites (tertiary alicyclic amines) is 1. The van der Waals surface area contributed by atoms with Crippen LogP contribution in [0.4, 0.5) is 13.2 Å². The molecule has 14 heteroatoms. The molecule has 2 unspecified atom stereocenters. The molecular weight excluding hydrogens is 657 g/mol. The molecule has 2 aromatic carbocycles. The van der Waals surface area contributed by atoms with Gasteiger partial charge in [-0.1, -0.05) is 32.1 Å². The Morgan fingerprint density at radius 1 is 1.16 bits per heavy atom. The van der Waals surface area contributed by atoms with Gasteiger partial charge in [0.15, 0.2) is 0 Å². The molecule has 0 spiro atoms. The van der Waals surface area contributed by atoms with Gasteiger partial charge in [0.1, 0.15) is 23.5 Å². The summed E-state index contributed by atoms with van der Waals surface area (Å²) in [5.74, 6) is 3.95. The summed E-state index contributed by atoms with van der Waals surface area (Å²) >= 11 is 0. The van der Waals surface area contributed by atoms with Crippen LogP contribution in [0, 0.1) is 17.7 Å². The lowest BCUT2D eigenvalue weighted by Gasteiger charge is -2.33. The third-order valence-electron chi connectivity index (χ3n) is 8.72. The summed E-state index contributed by atoms with van der Waals surface area (Å²) in [5.41, 5.74) is 8.00. The quantitative estimate of drug-likeness (QED) is 0.110. The van der Waals surface area contributed by atoms with E-state index in [0.29, 0.717) is 35.1 Å². The minimum atomic E-state index is -3.81. The molecular formula is C35H43F3N6O4S. The lowest BCUT2D eigenvalue weighted by molar-refractivity contribution is 0.0452. The molecule has 2 aliphatic rings. The van der Waals surface area contributed by atoms with Crippen molar-refractivity contribution in [2.45, 2.75) is 43.7 Å². The van der Waals surface area contributed by atoms with Gasteiger partial charge in [-0.15, -0.1) is 0 Å². The van der Waals surface area contributed by atoms with Crippen molar-refractivity contribution < 1.29 is 31.1 Å². The minimum Gasteiger partial charge on any atom is -0.461 e. The van der Waals surface area contributed by atoms with Crippen LogP contribution in [0.15, 0.2) is 77.6 Å². The molecule has 1 aliphatic carbocycles. The minimum absolute atomic E-state index is 0.0220. The summed E-state index contributed by atoms with van der Waals surface area (Å²) in [5, 5.41) is 1.92. The van der Waals surface area contributed by atoms with Crippen LogP contribution >= 0.6 is 0 Å². The van der Waals surface area contributed by atoms with Gasteiger partial charge in [-0.25, -0.2) is 36.9 Å². The summed E-state index contributed by atoms with van der Waals surface area (Å²) in [4.78, 5) is 18.1. The molecule has 5 rings (SSSR count). The number of alkyl halides is 1. The summed E-state index contributed by atoms with van der Waals surface area (Å²) in [7, 11) is -3.81. The lowest BCUT2D eigenvalue weighted by Crippen LogP contribution is -2.42. The van der Waals surface area contributed by atoms with Crippen molar-refractivity contribution in [3.05, 3.63) is 95.4 Å². The number of H-pyrrole nitrogens is 1. The third kappa shape index (κ3) is 8.93. The second-order valence-corrected chi connectivity index (χ2v) is 14.7. The van der Waals surface area contributed by atoms with Crippen LogP contribution in [-0.2, 0) is 14.8 Å². The fourth-order valence-corrected chi connectivity index (χ4v) is 7.18. The number of allylic oxidation sites excluding steroid dienone is 4. The van der Waals surface area contributed by atoms with Gasteiger partial charge >= 0.3 is 5.97 Å². The molecule has 1 aromatic heterocycles. The van der Waals surface area contributed by atoms with Crippen LogP contribution in [-0.4, -0.2) is 74.8 Å². The number of benzene rings is 2. The van der Waals surface area contributed by atoms with E-state index >= 15 is 0 Å². The highest BCUT2D eigenvalue weighted by Crippen LogP contribution is 2.34. The Morgan fingerprint density at radius 2 is 1.88 bits per heavy atom. The molecule has 0 radical (unpaired) electrons. The summed E-state index contributed by atoms with van der Waals surface area (Å²) < 4.78 is 76.3. The summed E-state index contributed by atoms with van der Waals surface area (Å²) in [6.07, 6.45) is 5.45. The zero-order valence-corrected chi connectivity index (χ0v) is 28.4.